The maximum atomic E-state index is 12.8. The fourth-order valence-corrected chi connectivity index (χ4v) is 4.59. The van der Waals surface area contributed by atoms with Gasteiger partial charge in [-0.25, -0.2) is 8.42 Å². The molecule has 0 unspecified atom stereocenters. The molecule has 0 aliphatic carbocycles. The van der Waals surface area contributed by atoms with Crippen molar-refractivity contribution in [2.75, 3.05) is 18.4 Å². The monoisotopic (exact) mass is 438 g/mol. The van der Waals surface area contributed by atoms with E-state index in [1.807, 2.05) is 36.4 Å². The first-order chi connectivity index (χ1) is 15.0. The summed E-state index contributed by atoms with van der Waals surface area (Å²) in [5.41, 5.74) is 1.90. The van der Waals surface area contributed by atoms with Gasteiger partial charge in [0.2, 0.25) is 10.0 Å². The van der Waals surface area contributed by atoms with E-state index >= 15 is 0 Å². The summed E-state index contributed by atoms with van der Waals surface area (Å²) in [7, 11) is -3.54. The molecule has 0 spiro atoms. The van der Waals surface area contributed by atoms with Gasteiger partial charge in [-0.15, -0.1) is 0 Å². The smallest absolute Gasteiger partial charge is 0.259 e. The van der Waals surface area contributed by atoms with Crippen molar-refractivity contribution in [3.8, 4) is 5.75 Å². The molecule has 31 heavy (non-hydrogen) atoms. The summed E-state index contributed by atoms with van der Waals surface area (Å²) < 4.78 is 32.5. The molecule has 0 fully saturated rings. The summed E-state index contributed by atoms with van der Waals surface area (Å²) in [5.74, 6) is 0.146. The molecule has 0 aliphatic heterocycles. The third-order valence-corrected chi connectivity index (χ3v) is 6.89. The normalized spacial score (nSPS) is 11.3. The van der Waals surface area contributed by atoms with Crippen LogP contribution in [0.4, 0.5) is 5.69 Å². The van der Waals surface area contributed by atoms with Crippen molar-refractivity contribution in [3.63, 3.8) is 0 Å². The number of nitrogens with one attached hydrogen (secondary N) is 1. The number of ether oxygens (including phenoxy) is 1. The number of hydrogen-bond donors (Lipinski definition) is 1. The first-order valence-electron chi connectivity index (χ1n) is 10.1. The maximum absolute atomic E-state index is 12.8. The van der Waals surface area contributed by atoms with Crippen LogP contribution in [0.3, 0.4) is 0 Å². The lowest BCUT2D eigenvalue weighted by Crippen LogP contribution is -2.30. The molecule has 0 aliphatic rings. The second-order valence-corrected chi connectivity index (χ2v) is 8.78. The molecule has 0 radical (unpaired) electrons. The minimum atomic E-state index is -3.54. The van der Waals surface area contributed by atoms with Gasteiger partial charge in [-0.1, -0.05) is 56.3 Å². The standard InChI is InChI=1S/C24H26N2O4S/c1-3-26(4-2)31(28,29)21-16-14-20(15-17-21)25-24(27)22-12-8-9-13-23(22)30-18-19-10-6-5-7-11-19/h5-17H,3-4,18H2,1-2H3,(H,25,27). The summed E-state index contributed by atoms with van der Waals surface area (Å²) in [5, 5.41) is 2.81. The van der Waals surface area contributed by atoms with Crippen molar-refractivity contribution in [3.05, 3.63) is 90.0 Å². The number of para-hydroxylation sites is 1. The summed E-state index contributed by atoms with van der Waals surface area (Å²) in [6.07, 6.45) is 0. The van der Waals surface area contributed by atoms with Crippen LogP contribution in [0.15, 0.2) is 83.8 Å². The van der Waals surface area contributed by atoms with E-state index in [0.29, 0.717) is 36.7 Å². The zero-order valence-electron chi connectivity index (χ0n) is 17.6. The topological polar surface area (TPSA) is 75.7 Å². The highest BCUT2D eigenvalue weighted by Gasteiger charge is 2.21. The van der Waals surface area contributed by atoms with Crippen LogP contribution in [0, 0.1) is 0 Å². The van der Waals surface area contributed by atoms with E-state index in [9.17, 15) is 13.2 Å². The zero-order valence-corrected chi connectivity index (χ0v) is 18.4. The molecule has 0 atom stereocenters. The van der Waals surface area contributed by atoms with E-state index < -0.39 is 10.0 Å². The van der Waals surface area contributed by atoms with Gasteiger partial charge in [0.05, 0.1) is 10.5 Å². The highest BCUT2D eigenvalue weighted by Crippen LogP contribution is 2.22. The van der Waals surface area contributed by atoms with Gasteiger partial charge in [-0.2, -0.15) is 4.31 Å². The molecule has 3 aromatic carbocycles. The third-order valence-electron chi connectivity index (χ3n) is 4.82. The maximum Gasteiger partial charge on any atom is 0.259 e. The van der Waals surface area contributed by atoms with Crippen molar-refractivity contribution in [1.82, 2.24) is 4.31 Å². The third kappa shape index (κ3) is 5.51. The number of amides is 1. The average molecular weight is 439 g/mol. The van der Waals surface area contributed by atoms with Crippen molar-refractivity contribution in [2.24, 2.45) is 0 Å². The predicted molar refractivity (Wildman–Crippen MR) is 122 cm³/mol. The number of hydrogen-bond acceptors (Lipinski definition) is 4. The lowest BCUT2D eigenvalue weighted by molar-refractivity contribution is 0.102. The molecule has 0 saturated heterocycles. The van der Waals surface area contributed by atoms with Gasteiger partial charge in [0, 0.05) is 18.8 Å². The molecule has 3 aromatic rings. The van der Waals surface area contributed by atoms with Crippen LogP contribution in [0.2, 0.25) is 0 Å². The Morgan fingerprint density at radius 2 is 1.48 bits per heavy atom. The number of anilines is 1. The lowest BCUT2D eigenvalue weighted by atomic mass is 10.1. The Bertz CT molecular complexity index is 1110. The van der Waals surface area contributed by atoms with Crippen LogP contribution in [0.5, 0.6) is 5.75 Å². The van der Waals surface area contributed by atoms with Gasteiger partial charge in [-0.3, -0.25) is 4.79 Å². The van der Waals surface area contributed by atoms with Crippen molar-refractivity contribution in [1.29, 1.82) is 0 Å². The molecule has 6 nitrogen and oxygen atoms in total. The van der Waals surface area contributed by atoms with E-state index in [1.54, 1.807) is 44.2 Å². The minimum absolute atomic E-state index is 0.195. The highest BCUT2D eigenvalue weighted by molar-refractivity contribution is 7.89. The predicted octanol–water partition coefficient (Wildman–Crippen LogP) is 4.55. The quantitative estimate of drug-likeness (QED) is 0.532. The Kier molecular flexibility index (Phi) is 7.44. The van der Waals surface area contributed by atoms with Gasteiger partial charge in [0.25, 0.3) is 5.91 Å². The molecule has 1 amide bonds. The Balaban J connectivity index is 1.72. The van der Waals surface area contributed by atoms with Gasteiger partial charge in [0.15, 0.2) is 0 Å². The van der Waals surface area contributed by atoms with E-state index in [0.717, 1.165) is 5.56 Å². The Hall–Kier alpha value is -3.16. The number of carbonyl (C=O) groups is 1. The van der Waals surface area contributed by atoms with E-state index in [4.69, 9.17) is 4.74 Å². The summed E-state index contributed by atoms with van der Waals surface area (Å²) >= 11 is 0. The van der Waals surface area contributed by atoms with Crippen LogP contribution >= 0.6 is 0 Å². The first-order valence-corrected chi connectivity index (χ1v) is 11.6. The summed E-state index contributed by atoms with van der Waals surface area (Å²) in [6, 6.07) is 22.9. The molecule has 0 aromatic heterocycles. The Labute approximate surface area is 183 Å². The van der Waals surface area contributed by atoms with Crippen molar-refractivity contribution in [2.45, 2.75) is 25.3 Å². The number of carbonyl (C=O) groups excluding carboxylic acids is 1. The highest BCUT2D eigenvalue weighted by atomic mass is 32.2. The molecular weight excluding hydrogens is 412 g/mol. The molecule has 3 rings (SSSR count). The first kappa shape index (κ1) is 22.5. The molecule has 7 heteroatoms. The van der Waals surface area contributed by atoms with Crippen LogP contribution < -0.4 is 10.1 Å². The number of rotatable bonds is 9. The van der Waals surface area contributed by atoms with Gasteiger partial charge < -0.3 is 10.1 Å². The molecule has 1 N–H and O–H groups in total. The Morgan fingerprint density at radius 3 is 2.13 bits per heavy atom. The molecule has 0 saturated carbocycles. The zero-order chi connectivity index (χ0) is 22.3. The Morgan fingerprint density at radius 1 is 0.871 bits per heavy atom. The van der Waals surface area contributed by atoms with E-state index in [2.05, 4.69) is 5.32 Å². The number of benzene rings is 3. The van der Waals surface area contributed by atoms with E-state index in [1.165, 1.54) is 16.4 Å². The number of sulfonamides is 1. The molecule has 0 bridgehead atoms. The SMILES string of the molecule is CCN(CC)S(=O)(=O)c1ccc(NC(=O)c2ccccc2OCc2ccccc2)cc1. The fourth-order valence-electron chi connectivity index (χ4n) is 3.14. The lowest BCUT2D eigenvalue weighted by Gasteiger charge is -2.18. The minimum Gasteiger partial charge on any atom is -0.488 e. The summed E-state index contributed by atoms with van der Waals surface area (Å²) in [6.45, 7) is 4.75. The van der Waals surface area contributed by atoms with Crippen LogP contribution in [-0.4, -0.2) is 31.7 Å². The molecule has 0 heterocycles. The molecular formula is C24H26N2O4S. The van der Waals surface area contributed by atoms with Gasteiger partial charge >= 0.3 is 0 Å². The van der Waals surface area contributed by atoms with Gasteiger partial charge in [0.1, 0.15) is 12.4 Å². The van der Waals surface area contributed by atoms with Crippen molar-refractivity contribution >= 4 is 21.6 Å². The fraction of sp³-hybridized carbons (Fsp3) is 0.208. The van der Waals surface area contributed by atoms with E-state index in [-0.39, 0.29) is 10.8 Å². The van der Waals surface area contributed by atoms with Crippen LogP contribution in [0.25, 0.3) is 0 Å². The molecule has 162 valence electrons. The largest absolute Gasteiger partial charge is 0.488 e. The second-order valence-electron chi connectivity index (χ2n) is 6.84. The number of nitrogens with zero attached hydrogens (tertiary/aromatic N) is 1. The van der Waals surface area contributed by atoms with Crippen LogP contribution in [-0.2, 0) is 16.6 Å². The van der Waals surface area contributed by atoms with Crippen LogP contribution in [0.1, 0.15) is 29.8 Å². The average Bonchev–Trinajstić information content (AvgIpc) is 2.79. The summed E-state index contributed by atoms with van der Waals surface area (Å²) in [4.78, 5) is 13.0. The van der Waals surface area contributed by atoms with Crippen molar-refractivity contribution < 1.29 is 17.9 Å². The second kappa shape index (κ2) is 10.2. The van der Waals surface area contributed by atoms with Gasteiger partial charge in [-0.05, 0) is 42.0 Å².